The molecule has 1 spiro atoms. The van der Waals surface area contributed by atoms with Gasteiger partial charge in [-0.2, -0.15) is 5.10 Å². The van der Waals surface area contributed by atoms with E-state index < -0.39 is 0 Å². The van der Waals surface area contributed by atoms with Crippen molar-refractivity contribution in [2.75, 3.05) is 32.9 Å². The van der Waals surface area contributed by atoms with Gasteiger partial charge in [-0.1, -0.05) is 30.3 Å². The Labute approximate surface area is 134 Å². The number of aromatic amines is 1. The molecule has 1 N–H and O–H groups in total. The van der Waals surface area contributed by atoms with Crippen LogP contribution in [0.2, 0.25) is 0 Å². The van der Waals surface area contributed by atoms with Gasteiger partial charge in [-0.15, -0.1) is 0 Å². The zero-order chi connectivity index (χ0) is 15.7. The van der Waals surface area contributed by atoms with E-state index in [1.807, 2.05) is 35.2 Å². The van der Waals surface area contributed by atoms with Crippen LogP contribution in [0.15, 0.2) is 36.5 Å². The van der Waals surface area contributed by atoms with Crippen molar-refractivity contribution >= 4 is 5.91 Å². The average Bonchev–Trinajstić information content (AvgIpc) is 3.25. The summed E-state index contributed by atoms with van der Waals surface area (Å²) in [6, 6.07) is 9.78. The normalized spacial score (nSPS) is 24.3. The first-order valence-corrected chi connectivity index (χ1v) is 7.87. The number of hydrogen-bond donors (Lipinski definition) is 1. The van der Waals surface area contributed by atoms with E-state index >= 15 is 0 Å². The molecule has 2 fully saturated rings. The number of H-pyrrole nitrogens is 1. The summed E-state index contributed by atoms with van der Waals surface area (Å²) >= 11 is 0. The van der Waals surface area contributed by atoms with Crippen molar-refractivity contribution in [1.29, 1.82) is 0 Å². The maximum atomic E-state index is 13.0. The SMILES string of the molecule is O=C(c1cn[nH]c1-c1ccccc1)N1CCO[C@]2(CCOC2)C1. The molecule has 1 atom stereocenters. The molecule has 6 heteroatoms. The Morgan fingerprint density at radius 2 is 2.13 bits per heavy atom. The number of hydrogen-bond acceptors (Lipinski definition) is 4. The number of benzene rings is 1. The Hall–Kier alpha value is -2.18. The fourth-order valence-electron chi connectivity index (χ4n) is 3.29. The molecule has 2 aliphatic rings. The summed E-state index contributed by atoms with van der Waals surface area (Å²) in [5.41, 5.74) is 2.00. The zero-order valence-electron chi connectivity index (χ0n) is 12.8. The van der Waals surface area contributed by atoms with Crippen LogP contribution in [-0.4, -0.2) is 59.5 Å². The first-order valence-electron chi connectivity index (χ1n) is 7.87. The smallest absolute Gasteiger partial charge is 0.257 e. The fourth-order valence-corrected chi connectivity index (χ4v) is 3.29. The van der Waals surface area contributed by atoms with Gasteiger partial charge >= 0.3 is 0 Å². The highest BCUT2D eigenvalue weighted by molar-refractivity contribution is 5.99. The minimum absolute atomic E-state index is 0.00724. The van der Waals surface area contributed by atoms with Crippen molar-refractivity contribution in [2.45, 2.75) is 12.0 Å². The summed E-state index contributed by atoms with van der Waals surface area (Å²) in [7, 11) is 0. The number of carbonyl (C=O) groups excluding carboxylic acids is 1. The van der Waals surface area contributed by atoms with Gasteiger partial charge in [0.1, 0.15) is 5.60 Å². The van der Waals surface area contributed by atoms with Crippen LogP contribution in [-0.2, 0) is 9.47 Å². The van der Waals surface area contributed by atoms with E-state index in [0.717, 1.165) is 17.7 Å². The summed E-state index contributed by atoms with van der Waals surface area (Å²) in [6.45, 7) is 2.98. The van der Waals surface area contributed by atoms with Crippen molar-refractivity contribution in [3.05, 3.63) is 42.1 Å². The molecule has 3 heterocycles. The van der Waals surface area contributed by atoms with Gasteiger partial charge in [-0.3, -0.25) is 9.89 Å². The van der Waals surface area contributed by atoms with Gasteiger partial charge < -0.3 is 14.4 Å². The van der Waals surface area contributed by atoms with Crippen LogP contribution in [0, 0.1) is 0 Å². The lowest BCUT2D eigenvalue weighted by Crippen LogP contribution is -2.54. The molecule has 0 radical (unpaired) electrons. The van der Waals surface area contributed by atoms with Crippen molar-refractivity contribution in [2.24, 2.45) is 0 Å². The second kappa shape index (κ2) is 5.79. The van der Waals surface area contributed by atoms with Gasteiger partial charge in [0.2, 0.25) is 0 Å². The van der Waals surface area contributed by atoms with Gasteiger partial charge in [0.15, 0.2) is 0 Å². The van der Waals surface area contributed by atoms with Gasteiger partial charge in [0.25, 0.3) is 5.91 Å². The predicted octanol–water partition coefficient (Wildman–Crippen LogP) is 1.71. The number of morpholine rings is 1. The van der Waals surface area contributed by atoms with Gasteiger partial charge in [0.05, 0.1) is 37.2 Å². The molecule has 2 saturated heterocycles. The number of rotatable bonds is 2. The van der Waals surface area contributed by atoms with E-state index in [4.69, 9.17) is 9.47 Å². The Kier molecular flexibility index (Phi) is 3.63. The predicted molar refractivity (Wildman–Crippen MR) is 84.0 cm³/mol. The molecule has 0 bridgehead atoms. The van der Waals surface area contributed by atoms with Crippen LogP contribution in [0.1, 0.15) is 16.8 Å². The summed E-state index contributed by atoms with van der Waals surface area (Å²) in [5.74, 6) is -0.00724. The van der Waals surface area contributed by atoms with E-state index in [1.165, 1.54) is 0 Å². The first kappa shape index (κ1) is 14.4. The third-order valence-corrected chi connectivity index (χ3v) is 4.54. The van der Waals surface area contributed by atoms with E-state index in [2.05, 4.69) is 10.2 Å². The van der Waals surface area contributed by atoms with E-state index in [9.17, 15) is 4.79 Å². The third-order valence-electron chi connectivity index (χ3n) is 4.54. The van der Waals surface area contributed by atoms with Gasteiger partial charge in [0, 0.05) is 25.1 Å². The molecular weight excluding hydrogens is 294 g/mol. The standard InChI is InChI=1S/C17H19N3O3/c21-16(20-7-9-23-17(11-20)6-8-22-12-17)14-10-18-19-15(14)13-4-2-1-3-5-13/h1-5,10H,6-9,11-12H2,(H,18,19)/t17-/m1/s1. The number of nitrogens with one attached hydrogen (secondary N) is 1. The summed E-state index contributed by atoms with van der Waals surface area (Å²) < 4.78 is 11.4. The first-order chi connectivity index (χ1) is 11.3. The van der Waals surface area contributed by atoms with Crippen molar-refractivity contribution in [3.8, 4) is 11.3 Å². The molecule has 6 nitrogen and oxygen atoms in total. The van der Waals surface area contributed by atoms with Crippen LogP contribution < -0.4 is 0 Å². The number of nitrogens with zero attached hydrogens (tertiary/aromatic N) is 2. The highest BCUT2D eigenvalue weighted by Gasteiger charge is 2.42. The van der Waals surface area contributed by atoms with Crippen LogP contribution >= 0.6 is 0 Å². The van der Waals surface area contributed by atoms with E-state index in [1.54, 1.807) is 6.20 Å². The van der Waals surface area contributed by atoms with E-state index in [0.29, 0.717) is 38.5 Å². The van der Waals surface area contributed by atoms with E-state index in [-0.39, 0.29) is 11.5 Å². The lowest BCUT2D eigenvalue weighted by atomic mass is 10.00. The fraction of sp³-hybridized carbons (Fsp3) is 0.412. The summed E-state index contributed by atoms with van der Waals surface area (Å²) in [6.07, 6.45) is 2.45. The average molecular weight is 313 g/mol. The second-order valence-corrected chi connectivity index (χ2v) is 6.09. The van der Waals surface area contributed by atoms with Crippen LogP contribution in [0.5, 0.6) is 0 Å². The van der Waals surface area contributed by atoms with Crippen molar-refractivity contribution in [3.63, 3.8) is 0 Å². The molecule has 1 aromatic carbocycles. The lowest BCUT2D eigenvalue weighted by Gasteiger charge is -2.39. The molecule has 2 aromatic rings. The number of amides is 1. The third kappa shape index (κ3) is 2.64. The van der Waals surface area contributed by atoms with Crippen LogP contribution in [0.4, 0.5) is 0 Å². The highest BCUT2D eigenvalue weighted by Crippen LogP contribution is 2.29. The summed E-state index contributed by atoms with van der Waals surface area (Å²) in [5, 5.41) is 7.02. The minimum Gasteiger partial charge on any atom is -0.378 e. The topological polar surface area (TPSA) is 67.5 Å². The molecule has 1 amide bonds. The largest absolute Gasteiger partial charge is 0.378 e. The Morgan fingerprint density at radius 1 is 1.26 bits per heavy atom. The Morgan fingerprint density at radius 3 is 2.91 bits per heavy atom. The minimum atomic E-state index is -0.329. The highest BCUT2D eigenvalue weighted by atomic mass is 16.6. The maximum absolute atomic E-state index is 13.0. The molecule has 23 heavy (non-hydrogen) atoms. The molecule has 1 aromatic heterocycles. The monoisotopic (exact) mass is 313 g/mol. The van der Waals surface area contributed by atoms with Crippen LogP contribution in [0.25, 0.3) is 11.3 Å². The molecule has 120 valence electrons. The van der Waals surface area contributed by atoms with Crippen molar-refractivity contribution in [1.82, 2.24) is 15.1 Å². The molecule has 2 aliphatic heterocycles. The number of aromatic nitrogens is 2. The van der Waals surface area contributed by atoms with Gasteiger partial charge in [-0.25, -0.2) is 0 Å². The lowest BCUT2D eigenvalue weighted by molar-refractivity contribution is -0.0995. The quantitative estimate of drug-likeness (QED) is 0.916. The number of carbonyl (C=O) groups is 1. The molecule has 0 unspecified atom stereocenters. The number of ether oxygens (including phenoxy) is 2. The van der Waals surface area contributed by atoms with Crippen molar-refractivity contribution < 1.29 is 14.3 Å². The molecule has 0 saturated carbocycles. The zero-order valence-corrected chi connectivity index (χ0v) is 12.8. The summed E-state index contributed by atoms with van der Waals surface area (Å²) in [4.78, 5) is 14.8. The Bertz CT molecular complexity index is 692. The Balaban J connectivity index is 1.59. The van der Waals surface area contributed by atoms with Gasteiger partial charge in [-0.05, 0) is 0 Å². The maximum Gasteiger partial charge on any atom is 0.257 e. The molecule has 4 rings (SSSR count). The molecule has 0 aliphatic carbocycles. The molecular formula is C17H19N3O3. The van der Waals surface area contributed by atoms with Crippen LogP contribution in [0.3, 0.4) is 0 Å². The second-order valence-electron chi connectivity index (χ2n) is 6.09.